The molecule has 0 radical (unpaired) electrons. The Morgan fingerprint density at radius 3 is 2.29 bits per heavy atom. The lowest BCUT2D eigenvalue weighted by molar-refractivity contribution is 0.187. The molecule has 0 fully saturated rings. The van der Waals surface area contributed by atoms with E-state index >= 15 is 0 Å². The Hall–Kier alpha value is -1.02. The van der Waals surface area contributed by atoms with E-state index in [4.69, 9.17) is 4.74 Å². The zero-order chi connectivity index (χ0) is 12.7. The van der Waals surface area contributed by atoms with Gasteiger partial charge in [0.1, 0.15) is 11.9 Å². The fourth-order valence-corrected chi connectivity index (χ4v) is 2.02. The molecule has 0 amide bonds. The first-order valence-electron chi connectivity index (χ1n) is 6.61. The number of benzene rings is 1. The number of hydrogen-bond donors (Lipinski definition) is 1. The van der Waals surface area contributed by atoms with Crippen molar-refractivity contribution in [2.75, 3.05) is 13.1 Å². The monoisotopic (exact) mass is 235 g/mol. The molecule has 1 N–H and O–H groups in total. The Bertz CT molecular complexity index is 315. The fourth-order valence-electron chi connectivity index (χ4n) is 2.02. The van der Waals surface area contributed by atoms with Crippen LogP contribution in [0.4, 0.5) is 0 Å². The molecule has 1 rings (SSSR count). The molecule has 0 spiro atoms. The average molecular weight is 235 g/mol. The molecule has 0 aliphatic carbocycles. The molecule has 0 aromatic heterocycles. The van der Waals surface area contributed by atoms with Gasteiger partial charge < -0.3 is 10.1 Å². The molecule has 0 bridgehead atoms. The van der Waals surface area contributed by atoms with E-state index < -0.39 is 0 Å². The van der Waals surface area contributed by atoms with Gasteiger partial charge in [-0.15, -0.1) is 0 Å². The van der Waals surface area contributed by atoms with Crippen LogP contribution >= 0.6 is 0 Å². The summed E-state index contributed by atoms with van der Waals surface area (Å²) in [6.07, 6.45) is 2.53. The quantitative estimate of drug-likeness (QED) is 0.781. The fraction of sp³-hybridized carbons (Fsp3) is 0.600. The van der Waals surface area contributed by atoms with Crippen LogP contribution in [0.2, 0.25) is 0 Å². The van der Waals surface area contributed by atoms with Crippen molar-refractivity contribution < 1.29 is 4.74 Å². The van der Waals surface area contributed by atoms with E-state index in [1.807, 2.05) is 0 Å². The Labute approximate surface area is 105 Å². The van der Waals surface area contributed by atoms with E-state index in [-0.39, 0.29) is 6.10 Å². The summed E-state index contributed by atoms with van der Waals surface area (Å²) in [7, 11) is 0. The van der Waals surface area contributed by atoms with Crippen molar-refractivity contribution in [3.63, 3.8) is 0 Å². The normalized spacial score (nSPS) is 12.5. The average Bonchev–Trinajstić information content (AvgIpc) is 2.24. The van der Waals surface area contributed by atoms with Crippen LogP contribution in [-0.2, 0) is 0 Å². The van der Waals surface area contributed by atoms with Gasteiger partial charge in [-0.25, -0.2) is 0 Å². The van der Waals surface area contributed by atoms with Crippen LogP contribution in [0, 0.1) is 13.8 Å². The molecule has 0 saturated heterocycles. The van der Waals surface area contributed by atoms with E-state index in [1.165, 1.54) is 11.1 Å². The van der Waals surface area contributed by atoms with Gasteiger partial charge in [-0.1, -0.05) is 26.3 Å². The van der Waals surface area contributed by atoms with Gasteiger partial charge in [-0.05, 0) is 50.1 Å². The van der Waals surface area contributed by atoms with Crippen LogP contribution in [-0.4, -0.2) is 19.2 Å². The number of aryl methyl sites for hydroxylation is 2. The Balaban J connectivity index is 2.63. The van der Waals surface area contributed by atoms with E-state index in [1.54, 1.807) is 0 Å². The van der Waals surface area contributed by atoms with Gasteiger partial charge in [0.25, 0.3) is 0 Å². The summed E-state index contributed by atoms with van der Waals surface area (Å²) in [4.78, 5) is 0. The third-order valence-corrected chi connectivity index (χ3v) is 2.73. The lowest BCUT2D eigenvalue weighted by Crippen LogP contribution is -2.31. The summed E-state index contributed by atoms with van der Waals surface area (Å²) in [6, 6.07) is 6.40. The zero-order valence-electron chi connectivity index (χ0n) is 11.5. The van der Waals surface area contributed by atoms with Crippen molar-refractivity contribution in [1.29, 1.82) is 0 Å². The van der Waals surface area contributed by atoms with Crippen molar-refractivity contribution in [3.05, 3.63) is 29.3 Å². The number of hydrogen-bond acceptors (Lipinski definition) is 2. The molecule has 2 heteroatoms. The molecule has 1 aromatic rings. The van der Waals surface area contributed by atoms with Crippen LogP contribution in [0.25, 0.3) is 0 Å². The highest BCUT2D eigenvalue weighted by Crippen LogP contribution is 2.18. The van der Waals surface area contributed by atoms with Crippen LogP contribution in [0.5, 0.6) is 5.75 Å². The molecule has 2 nitrogen and oxygen atoms in total. The second-order valence-corrected chi connectivity index (χ2v) is 4.66. The first kappa shape index (κ1) is 14.0. The highest BCUT2D eigenvalue weighted by molar-refractivity contribution is 5.33. The summed E-state index contributed by atoms with van der Waals surface area (Å²) < 4.78 is 6.06. The smallest absolute Gasteiger partial charge is 0.120 e. The van der Waals surface area contributed by atoms with E-state index in [2.05, 4.69) is 51.2 Å². The Morgan fingerprint density at radius 2 is 1.76 bits per heavy atom. The van der Waals surface area contributed by atoms with E-state index in [0.29, 0.717) is 0 Å². The topological polar surface area (TPSA) is 21.3 Å². The molecule has 0 aliphatic heterocycles. The molecule has 1 unspecified atom stereocenters. The maximum Gasteiger partial charge on any atom is 0.120 e. The van der Waals surface area contributed by atoms with Crippen LogP contribution in [0.1, 0.15) is 37.8 Å². The van der Waals surface area contributed by atoms with Crippen LogP contribution < -0.4 is 10.1 Å². The third kappa shape index (κ3) is 5.22. The third-order valence-electron chi connectivity index (χ3n) is 2.73. The maximum absolute atomic E-state index is 6.06. The molecular formula is C15H25NO. The lowest BCUT2D eigenvalue weighted by atomic mass is 10.1. The summed E-state index contributed by atoms with van der Waals surface area (Å²) in [5.74, 6) is 0.999. The summed E-state index contributed by atoms with van der Waals surface area (Å²) in [6.45, 7) is 10.5. The van der Waals surface area contributed by atoms with Gasteiger partial charge in [-0.2, -0.15) is 0 Å². The minimum atomic E-state index is 0.279. The standard InChI is InChI=1S/C15H25NO/c1-5-7-14(11-16-6-2)17-15-9-12(3)8-13(4)10-15/h8-10,14,16H,5-7,11H2,1-4H3. The molecule has 1 atom stereocenters. The first-order valence-corrected chi connectivity index (χ1v) is 6.61. The van der Waals surface area contributed by atoms with Crippen LogP contribution in [0.15, 0.2) is 18.2 Å². The van der Waals surface area contributed by atoms with Crippen molar-refractivity contribution in [3.8, 4) is 5.75 Å². The summed E-state index contributed by atoms with van der Waals surface area (Å²) in [5, 5.41) is 3.36. The highest BCUT2D eigenvalue weighted by Gasteiger charge is 2.09. The molecule has 17 heavy (non-hydrogen) atoms. The zero-order valence-corrected chi connectivity index (χ0v) is 11.5. The van der Waals surface area contributed by atoms with E-state index in [0.717, 1.165) is 31.7 Å². The van der Waals surface area contributed by atoms with E-state index in [9.17, 15) is 0 Å². The van der Waals surface area contributed by atoms with Gasteiger partial charge in [0.15, 0.2) is 0 Å². The Morgan fingerprint density at radius 1 is 1.12 bits per heavy atom. The minimum Gasteiger partial charge on any atom is -0.489 e. The summed E-state index contributed by atoms with van der Waals surface area (Å²) in [5.41, 5.74) is 2.53. The van der Waals surface area contributed by atoms with Crippen molar-refractivity contribution >= 4 is 0 Å². The number of ether oxygens (including phenoxy) is 1. The molecular weight excluding hydrogens is 210 g/mol. The van der Waals surface area contributed by atoms with Gasteiger partial charge in [0.2, 0.25) is 0 Å². The van der Waals surface area contributed by atoms with Crippen molar-refractivity contribution in [2.24, 2.45) is 0 Å². The lowest BCUT2D eigenvalue weighted by Gasteiger charge is -2.19. The van der Waals surface area contributed by atoms with Crippen molar-refractivity contribution in [2.45, 2.75) is 46.6 Å². The second-order valence-electron chi connectivity index (χ2n) is 4.66. The first-order chi connectivity index (χ1) is 8.15. The maximum atomic E-state index is 6.06. The van der Waals surface area contributed by atoms with Gasteiger partial charge >= 0.3 is 0 Å². The van der Waals surface area contributed by atoms with Crippen molar-refractivity contribution in [1.82, 2.24) is 5.32 Å². The molecule has 0 heterocycles. The number of rotatable bonds is 7. The SMILES string of the molecule is CCCC(CNCC)Oc1cc(C)cc(C)c1. The minimum absolute atomic E-state index is 0.279. The predicted octanol–water partition coefficient (Wildman–Crippen LogP) is 3.46. The molecule has 96 valence electrons. The highest BCUT2D eigenvalue weighted by atomic mass is 16.5. The molecule has 0 aliphatic rings. The number of likely N-dealkylation sites (N-methyl/N-ethyl adjacent to an activating group) is 1. The van der Waals surface area contributed by atoms with Gasteiger partial charge in [0, 0.05) is 6.54 Å². The van der Waals surface area contributed by atoms with Gasteiger partial charge in [-0.3, -0.25) is 0 Å². The predicted molar refractivity (Wildman–Crippen MR) is 73.8 cm³/mol. The summed E-state index contributed by atoms with van der Waals surface area (Å²) >= 11 is 0. The molecule has 0 saturated carbocycles. The largest absolute Gasteiger partial charge is 0.489 e. The number of nitrogens with one attached hydrogen (secondary N) is 1. The van der Waals surface area contributed by atoms with Gasteiger partial charge in [0.05, 0.1) is 0 Å². The van der Waals surface area contributed by atoms with Crippen LogP contribution in [0.3, 0.4) is 0 Å². The second kappa shape index (κ2) is 7.33. The molecule has 1 aromatic carbocycles. The Kier molecular flexibility index (Phi) is 6.06.